The number of hydrogen-bond acceptors (Lipinski definition) is 7. The summed E-state index contributed by atoms with van der Waals surface area (Å²) in [4.78, 5) is 34.8. The van der Waals surface area contributed by atoms with Gasteiger partial charge in [0.2, 0.25) is 0 Å². The zero-order valence-corrected chi connectivity index (χ0v) is 17.1. The van der Waals surface area contributed by atoms with E-state index < -0.39 is 0 Å². The Kier molecular flexibility index (Phi) is 7.93. The van der Waals surface area contributed by atoms with E-state index in [1.165, 1.54) is 40.6 Å². The highest BCUT2D eigenvalue weighted by Gasteiger charge is 2.12. The maximum Gasteiger partial charge on any atom is 0.178 e. The van der Waals surface area contributed by atoms with Crippen molar-refractivity contribution in [2.45, 2.75) is 0 Å². The molecule has 0 unspecified atom stereocenters. The lowest BCUT2D eigenvalue weighted by Crippen LogP contribution is -1.97. The molecule has 0 fully saturated rings. The van der Waals surface area contributed by atoms with E-state index in [9.17, 15) is 14.4 Å². The van der Waals surface area contributed by atoms with Gasteiger partial charge in [0.05, 0.1) is 39.6 Å². The molecule has 0 amide bonds. The van der Waals surface area contributed by atoms with E-state index in [2.05, 4.69) is 0 Å². The van der Waals surface area contributed by atoms with E-state index in [0.29, 0.717) is 57.8 Å². The van der Waals surface area contributed by atoms with Gasteiger partial charge in [0, 0.05) is 0 Å². The van der Waals surface area contributed by atoms with Crippen LogP contribution in [0.1, 0.15) is 31.8 Å². The average Bonchev–Trinajstić information content (AvgIpc) is 2.79. The van der Waals surface area contributed by atoms with E-state index in [0.717, 1.165) is 0 Å². The number of methoxy groups -OCH3 is 4. The van der Waals surface area contributed by atoms with Crippen molar-refractivity contribution in [1.82, 2.24) is 0 Å². The van der Waals surface area contributed by atoms with Crippen LogP contribution in [0.4, 0.5) is 0 Å². The molecule has 0 radical (unpaired) electrons. The summed E-state index contributed by atoms with van der Waals surface area (Å²) < 4.78 is 20.8. The molecule has 2 aromatic carbocycles. The summed E-state index contributed by atoms with van der Waals surface area (Å²) in [6.45, 7) is 0. The molecule has 0 aromatic heterocycles. The molecule has 0 bridgehead atoms. The summed E-state index contributed by atoms with van der Waals surface area (Å²) in [5, 5.41) is 0. The summed E-state index contributed by atoms with van der Waals surface area (Å²) in [5.74, 6) is 1.14. The summed E-state index contributed by atoms with van der Waals surface area (Å²) >= 11 is 0. The number of ketones is 1. The van der Waals surface area contributed by atoms with Crippen LogP contribution >= 0.6 is 0 Å². The Morgan fingerprint density at radius 2 is 1.07 bits per heavy atom. The molecule has 7 heteroatoms. The smallest absolute Gasteiger partial charge is 0.178 e. The average molecular weight is 410 g/mol. The minimum Gasteiger partial charge on any atom is -0.493 e. The van der Waals surface area contributed by atoms with Crippen LogP contribution < -0.4 is 18.9 Å². The molecule has 0 N–H and O–H groups in total. The normalized spacial score (nSPS) is 10.8. The maximum atomic E-state index is 12.2. The minimum atomic E-state index is -0.292. The van der Waals surface area contributed by atoms with Crippen molar-refractivity contribution >= 4 is 30.5 Å². The van der Waals surface area contributed by atoms with Crippen molar-refractivity contribution in [1.29, 1.82) is 0 Å². The van der Waals surface area contributed by atoms with Crippen LogP contribution in [0.15, 0.2) is 36.4 Å². The first kappa shape index (κ1) is 22.4. The molecule has 30 heavy (non-hydrogen) atoms. The Morgan fingerprint density at radius 3 is 1.37 bits per heavy atom. The Bertz CT molecular complexity index is 924. The van der Waals surface area contributed by atoms with Crippen LogP contribution in [-0.2, 0) is 4.79 Å². The fraction of sp³-hybridized carbons (Fsp3) is 0.174. The predicted octanol–water partition coefficient (Wildman–Crippen LogP) is 3.64. The van der Waals surface area contributed by atoms with Gasteiger partial charge in [-0.3, -0.25) is 14.4 Å². The van der Waals surface area contributed by atoms with Crippen molar-refractivity contribution < 1.29 is 33.3 Å². The third kappa shape index (κ3) is 5.14. The Labute approximate surface area is 174 Å². The lowest BCUT2D eigenvalue weighted by Gasteiger charge is -2.10. The highest BCUT2D eigenvalue weighted by molar-refractivity contribution is 6.04. The molecular formula is C23H22O7. The molecule has 0 saturated heterocycles. The van der Waals surface area contributed by atoms with Gasteiger partial charge >= 0.3 is 0 Å². The van der Waals surface area contributed by atoms with Gasteiger partial charge in [0.25, 0.3) is 0 Å². The van der Waals surface area contributed by atoms with Crippen LogP contribution in [0, 0.1) is 0 Å². The molecule has 0 heterocycles. The van der Waals surface area contributed by atoms with Crippen LogP contribution in [0.25, 0.3) is 12.2 Å². The van der Waals surface area contributed by atoms with Gasteiger partial charge in [-0.25, -0.2) is 0 Å². The van der Waals surface area contributed by atoms with Crippen LogP contribution in [0.5, 0.6) is 23.0 Å². The van der Waals surface area contributed by atoms with E-state index in [1.807, 2.05) is 0 Å². The number of carbonyl (C=O) groups excluding carboxylic acids is 3. The summed E-state index contributed by atoms with van der Waals surface area (Å²) in [7, 11) is 5.81. The van der Waals surface area contributed by atoms with Crippen LogP contribution in [0.3, 0.4) is 0 Å². The van der Waals surface area contributed by atoms with Crippen LogP contribution in [-0.4, -0.2) is 46.8 Å². The summed E-state index contributed by atoms with van der Waals surface area (Å²) in [5.41, 5.74) is 1.83. The number of benzene rings is 2. The molecule has 0 saturated carbocycles. The molecule has 0 atom stereocenters. The molecule has 0 aliphatic rings. The zero-order chi connectivity index (χ0) is 22.1. The molecular weight excluding hydrogens is 388 g/mol. The standard InChI is InChI=1S/C23H22O7/c1-27-20-11-15(9-17(13-24)22(20)29-3)5-7-19(26)8-6-16-10-18(14-25)23(30-4)21(12-16)28-2/h5-14H,1-4H3/b7-5+,8-6+. The van der Waals surface area contributed by atoms with Gasteiger partial charge in [-0.05, 0) is 47.5 Å². The summed E-state index contributed by atoms with van der Waals surface area (Å²) in [6, 6.07) is 6.49. The van der Waals surface area contributed by atoms with E-state index in [1.54, 1.807) is 36.4 Å². The Morgan fingerprint density at radius 1 is 0.667 bits per heavy atom. The molecule has 156 valence electrons. The number of carbonyl (C=O) groups is 3. The zero-order valence-electron chi connectivity index (χ0n) is 17.1. The highest BCUT2D eigenvalue weighted by atomic mass is 16.5. The molecule has 0 aliphatic carbocycles. The van der Waals surface area contributed by atoms with Crippen molar-refractivity contribution in [3.63, 3.8) is 0 Å². The number of rotatable bonds is 10. The van der Waals surface area contributed by atoms with Gasteiger partial charge in [0.15, 0.2) is 41.4 Å². The second-order valence-corrected chi connectivity index (χ2v) is 6.00. The molecule has 0 spiro atoms. The largest absolute Gasteiger partial charge is 0.493 e. The van der Waals surface area contributed by atoms with Crippen molar-refractivity contribution in [3.05, 3.63) is 58.7 Å². The second kappa shape index (κ2) is 10.6. The molecule has 2 aromatic rings. The fourth-order valence-corrected chi connectivity index (χ4v) is 2.81. The third-order valence-corrected chi connectivity index (χ3v) is 4.19. The monoisotopic (exact) mass is 410 g/mol. The van der Waals surface area contributed by atoms with Gasteiger partial charge in [-0.1, -0.05) is 12.2 Å². The quantitative estimate of drug-likeness (QED) is 0.436. The lowest BCUT2D eigenvalue weighted by molar-refractivity contribution is -0.110. The second-order valence-electron chi connectivity index (χ2n) is 6.00. The fourth-order valence-electron chi connectivity index (χ4n) is 2.81. The highest BCUT2D eigenvalue weighted by Crippen LogP contribution is 2.33. The first-order valence-electron chi connectivity index (χ1n) is 8.83. The lowest BCUT2D eigenvalue weighted by atomic mass is 10.1. The van der Waals surface area contributed by atoms with E-state index in [4.69, 9.17) is 18.9 Å². The minimum absolute atomic E-state index is 0.292. The van der Waals surface area contributed by atoms with E-state index in [-0.39, 0.29) is 5.78 Å². The van der Waals surface area contributed by atoms with Crippen molar-refractivity contribution in [2.75, 3.05) is 28.4 Å². The van der Waals surface area contributed by atoms with Gasteiger partial charge < -0.3 is 18.9 Å². The first-order valence-corrected chi connectivity index (χ1v) is 8.83. The molecule has 7 nitrogen and oxygen atoms in total. The number of aldehydes is 2. The predicted molar refractivity (Wildman–Crippen MR) is 113 cm³/mol. The van der Waals surface area contributed by atoms with Gasteiger partial charge in [0.1, 0.15) is 0 Å². The topological polar surface area (TPSA) is 88.1 Å². The first-order chi connectivity index (χ1) is 14.5. The van der Waals surface area contributed by atoms with Crippen LogP contribution in [0.2, 0.25) is 0 Å². The Balaban J connectivity index is 2.25. The number of allylic oxidation sites excluding steroid dienone is 2. The van der Waals surface area contributed by atoms with Gasteiger partial charge in [-0.15, -0.1) is 0 Å². The maximum absolute atomic E-state index is 12.2. The summed E-state index contributed by atoms with van der Waals surface area (Å²) in [6.07, 6.45) is 7.14. The van der Waals surface area contributed by atoms with Gasteiger partial charge in [-0.2, -0.15) is 0 Å². The molecule has 2 rings (SSSR count). The number of ether oxygens (including phenoxy) is 4. The van der Waals surface area contributed by atoms with Crippen molar-refractivity contribution in [2.24, 2.45) is 0 Å². The Hall–Kier alpha value is -3.87. The van der Waals surface area contributed by atoms with Crippen molar-refractivity contribution in [3.8, 4) is 23.0 Å². The number of hydrogen-bond donors (Lipinski definition) is 0. The third-order valence-electron chi connectivity index (χ3n) is 4.19. The van der Waals surface area contributed by atoms with E-state index >= 15 is 0 Å². The molecule has 0 aliphatic heterocycles. The SMILES string of the molecule is COc1cc(/C=C/C(=O)/C=C/c2cc(C=O)c(OC)c(OC)c2)cc(C=O)c1OC.